The molecule has 7 heteroatoms. The molecule has 24 heavy (non-hydrogen) atoms. The van der Waals surface area contributed by atoms with Gasteiger partial charge in [0.1, 0.15) is 16.5 Å². The highest BCUT2D eigenvalue weighted by atomic mass is 32.2. The van der Waals surface area contributed by atoms with E-state index in [2.05, 4.69) is 4.90 Å². The smallest absolute Gasteiger partial charge is 0.246 e. The molecule has 0 aliphatic carbocycles. The Morgan fingerprint density at radius 1 is 1.00 bits per heavy atom. The van der Waals surface area contributed by atoms with Gasteiger partial charge in [0.25, 0.3) is 0 Å². The first-order valence-corrected chi connectivity index (χ1v) is 9.10. The van der Waals surface area contributed by atoms with Crippen LogP contribution in [0.15, 0.2) is 53.4 Å². The van der Waals surface area contributed by atoms with Gasteiger partial charge in [-0.1, -0.05) is 18.2 Å². The maximum Gasteiger partial charge on any atom is 0.246 e. The summed E-state index contributed by atoms with van der Waals surface area (Å²) >= 11 is 0. The zero-order chi connectivity index (χ0) is 17.2. The standard InChI is InChI=1S/C17H19FN2O3S/c1-23-16-8-7-14(18)13-17(16)24(21,22)20-11-9-19(10-12-20)15-5-3-2-4-6-15/h2-8,13H,9-12H2,1H3. The third-order valence-electron chi connectivity index (χ3n) is 4.10. The van der Waals surface area contributed by atoms with E-state index < -0.39 is 15.8 Å². The monoisotopic (exact) mass is 350 g/mol. The number of piperazine rings is 1. The van der Waals surface area contributed by atoms with E-state index in [-0.39, 0.29) is 10.6 Å². The molecule has 0 saturated carbocycles. The topological polar surface area (TPSA) is 49.9 Å². The molecule has 1 fully saturated rings. The maximum absolute atomic E-state index is 13.5. The van der Waals surface area contributed by atoms with Crippen LogP contribution in [0.4, 0.5) is 10.1 Å². The third kappa shape index (κ3) is 3.22. The lowest BCUT2D eigenvalue weighted by molar-refractivity contribution is 0.373. The summed E-state index contributed by atoms with van der Waals surface area (Å²) in [6.45, 7) is 1.86. The summed E-state index contributed by atoms with van der Waals surface area (Å²) in [4.78, 5) is 2.01. The predicted octanol–water partition coefficient (Wildman–Crippen LogP) is 2.35. The Labute approximate surface area is 141 Å². The van der Waals surface area contributed by atoms with Crippen molar-refractivity contribution in [2.45, 2.75) is 4.90 Å². The van der Waals surface area contributed by atoms with E-state index >= 15 is 0 Å². The molecule has 0 spiro atoms. The minimum absolute atomic E-state index is 0.127. The molecule has 0 radical (unpaired) electrons. The van der Waals surface area contributed by atoms with E-state index in [0.29, 0.717) is 26.2 Å². The molecule has 5 nitrogen and oxygen atoms in total. The van der Waals surface area contributed by atoms with Crippen molar-refractivity contribution in [3.8, 4) is 5.75 Å². The summed E-state index contributed by atoms with van der Waals surface area (Å²) in [6, 6.07) is 13.4. The molecule has 1 saturated heterocycles. The molecule has 2 aromatic rings. The fourth-order valence-electron chi connectivity index (χ4n) is 2.82. The lowest BCUT2D eigenvalue weighted by Gasteiger charge is -2.35. The Morgan fingerprint density at radius 3 is 2.29 bits per heavy atom. The fraction of sp³-hybridized carbons (Fsp3) is 0.294. The number of para-hydroxylation sites is 1. The highest BCUT2D eigenvalue weighted by Gasteiger charge is 2.31. The molecule has 0 aromatic heterocycles. The zero-order valence-corrected chi connectivity index (χ0v) is 14.2. The average molecular weight is 350 g/mol. The van der Waals surface area contributed by atoms with E-state index in [1.807, 2.05) is 30.3 Å². The molecule has 2 aromatic carbocycles. The van der Waals surface area contributed by atoms with Gasteiger partial charge in [0, 0.05) is 31.9 Å². The van der Waals surface area contributed by atoms with Gasteiger partial charge >= 0.3 is 0 Å². The second kappa shape index (κ2) is 6.78. The molecule has 0 unspecified atom stereocenters. The Hall–Kier alpha value is -2.12. The molecule has 0 bridgehead atoms. The van der Waals surface area contributed by atoms with Crippen molar-refractivity contribution in [3.05, 3.63) is 54.3 Å². The molecule has 3 rings (SSSR count). The van der Waals surface area contributed by atoms with Crippen LogP contribution >= 0.6 is 0 Å². The first-order chi connectivity index (χ1) is 11.5. The molecule has 128 valence electrons. The third-order valence-corrected chi connectivity index (χ3v) is 6.02. The summed E-state index contributed by atoms with van der Waals surface area (Å²) in [5.41, 5.74) is 1.07. The predicted molar refractivity (Wildman–Crippen MR) is 90.4 cm³/mol. The van der Waals surface area contributed by atoms with E-state index in [1.165, 1.54) is 23.5 Å². The summed E-state index contributed by atoms with van der Waals surface area (Å²) in [7, 11) is -2.42. The van der Waals surface area contributed by atoms with Crippen LogP contribution in [0.25, 0.3) is 0 Å². The summed E-state index contributed by atoms with van der Waals surface area (Å²) in [5.74, 6) is -0.445. The summed E-state index contributed by atoms with van der Waals surface area (Å²) < 4.78 is 45.6. The lowest BCUT2D eigenvalue weighted by atomic mass is 10.2. The number of hydrogen-bond acceptors (Lipinski definition) is 4. The van der Waals surface area contributed by atoms with Crippen LogP contribution < -0.4 is 9.64 Å². The van der Waals surface area contributed by atoms with Crippen molar-refractivity contribution in [2.75, 3.05) is 38.2 Å². The molecular weight excluding hydrogens is 331 g/mol. The van der Waals surface area contributed by atoms with Crippen molar-refractivity contribution in [2.24, 2.45) is 0 Å². The van der Waals surface area contributed by atoms with E-state index in [1.54, 1.807) is 0 Å². The highest BCUT2D eigenvalue weighted by molar-refractivity contribution is 7.89. The second-order valence-corrected chi connectivity index (χ2v) is 7.43. The number of methoxy groups -OCH3 is 1. The molecule has 0 amide bonds. The highest BCUT2D eigenvalue weighted by Crippen LogP contribution is 2.28. The van der Waals surface area contributed by atoms with Crippen LogP contribution in [0.3, 0.4) is 0 Å². The Kier molecular flexibility index (Phi) is 4.73. The SMILES string of the molecule is COc1ccc(F)cc1S(=O)(=O)N1CCN(c2ccccc2)CC1. The van der Waals surface area contributed by atoms with Gasteiger partial charge in [-0.05, 0) is 30.3 Å². The Morgan fingerprint density at radius 2 is 1.67 bits per heavy atom. The lowest BCUT2D eigenvalue weighted by Crippen LogP contribution is -2.48. The molecule has 0 atom stereocenters. The number of nitrogens with zero attached hydrogens (tertiary/aromatic N) is 2. The number of anilines is 1. The minimum Gasteiger partial charge on any atom is -0.495 e. The maximum atomic E-state index is 13.5. The largest absolute Gasteiger partial charge is 0.495 e. The van der Waals surface area contributed by atoms with Gasteiger partial charge in [-0.3, -0.25) is 0 Å². The van der Waals surface area contributed by atoms with Gasteiger partial charge in [-0.25, -0.2) is 12.8 Å². The number of sulfonamides is 1. The van der Waals surface area contributed by atoms with Crippen molar-refractivity contribution in [1.29, 1.82) is 0 Å². The van der Waals surface area contributed by atoms with Crippen molar-refractivity contribution < 1.29 is 17.5 Å². The molecule has 1 aliphatic heterocycles. The Balaban J connectivity index is 1.79. The number of rotatable bonds is 4. The van der Waals surface area contributed by atoms with Gasteiger partial charge in [0.2, 0.25) is 10.0 Å². The van der Waals surface area contributed by atoms with Crippen LogP contribution in [0.1, 0.15) is 0 Å². The number of benzene rings is 2. The first kappa shape index (κ1) is 16.7. The number of halogens is 1. The van der Waals surface area contributed by atoms with Crippen LogP contribution in [-0.2, 0) is 10.0 Å². The normalized spacial score (nSPS) is 16.2. The van der Waals surface area contributed by atoms with Gasteiger partial charge in [0.05, 0.1) is 7.11 Å². The first-order valence-electron chi connectivity index (χ1n) is 7.66. The molecule has 1 aliphatic rings. The molecular formula is C17H19FN2O3S. The fourth-order valence-corrected chi connectivity index (χ4v) is 4.41. The molecule has 0 N–H and O–H groups in total. The van der Waals surface area contributed by atoms with Crippen LogP contribution in [-0.4, -0.2) is 46.0 Å². The van der Waals surface area contributed by atoms with E-state index in [9.17, 15) is 12.8 Å². The second-order valence-electron chi connectivity index (χ2n) is 5.52. The zero-order valence-electron chi connectivity index (χ0n) is 13.4. The van der Waals surface area contributed by atoms with Gasteiger partial charge in [-0.15, -0.1) is 0 Å². The molecule has 1 heterocycles. The van der Waals surface area contributed by atoms with E-state index in [0.717, 1.165) is 11.8 Å². The summed E-state index contributed by atoms with van der Waals surface area (Å²) in [6.07, 6.45) is 0. The number of ether oxygens (including phenoxy) is 1. The van der Waals surface area contributed by atoms with Crippen LogP contribution in [0.5, 0.6) is 5.75 Å². The van der Waals surface area contributed by atoms with Crippen molar-refractivity contribution >= 4 is 15.7 Å². The Bertz CT molecular complexity index is 804. The minimum atomic E-state index is -3.79. The quantitative estimate of drug-likeness (QED) is 0.849. The number of hydrogen-bond donors (Lipinski definition) is 0. The van der Waals surface area contributed by atoms with Gasteiger partial charge < -0.3 is 9.64 Å². The van der Waals surface area contributed by atoms with Crippen molar-refractivity contribution in [1.82, 2.24) is 4.31 Å². The van der Waals surface area contributed by atoms with E-state index in [4.69, 9.17) is 4.74 Å². The van der Waals surface area contributed by atoms with Gasteiger partial charge in [0.15, 0.2) is 0 Å². The average Bonchev–Trinajstić information content (AvgIpc) is 2.62. The van der Waals surface area contributed by atoms with Crippen molar-refractivity contribution in [3.63, 3.8) is 0 Å². The summed E-state index contributed by atoms with van der Waals surface area (Å²) in [5, 5.41) is 0. The van der Waals surface area contributed by atoms with Crippen LogP contribution in [0, 0.1) is 5.82 Å². The van der Waals surface area contributed by atoms with Crippen LogP contribution in [0.2, 0.25) is 0 Å². The van der Waals surface area contributed by atoms with Gasteiger partial charge in [-0.2, -0.15) is 4.31 Å².